The molecule has 138 valence electrons. The van der Waals surface area contributed by atoms with Crippen LogP contribution in [-0.2, 0) is 24.3 Å². The van der Waals surface area contributed by atoms with Crippen LogP contribution in [0.5, 0.6) is 0 Å². The van der Waals surface area contributed by atoms with Gasteiger partial charge in [-0.25, -0.2) is 0 Å². The maximum Gasteiger partial charge on any atom is 0.223 e. The van der Waals surface area contributed by atoms with Crippen molar-refractivity contribution in [3.05, 3.63) is 107 Å². The third-order valence-corrected chi connectivity index (χ3v) is 4.76. The van der Waals surface area contributed by atoms with E-state index in [0.717, 1.165) is 12.8 Å². The first-order chi connectivity index (χ1) is 13.2. The molecule has 3 rings (SSSR count). The molecule has 0 aliphatic rings. The lowest BCUT2D eigenvalue weighted by Gasteiger charge is -2.23. The monoisotopic (exact) mass is 357 g/mol. The van der Waals surface area contributed by atoms with E-state index in [9.17, 15) is 4.79 Å². The van der Waals surface area contributed by atoms with Gasteiger partial charge in [0, 0.05) is 19.5 Å². The summed E-state index contributed by atoms with van der Waals surface area (Å²) in [6, 6.07) is 29.0. The fourth-order valence-corrected chi connectivity index (χ4v) is 3.20. The molecule has 0 bridgehead atoms. The molecule has 0 heterocycles. The van der Waals surface area contributed by atoms with Gasteiger partial charge in [-0.3, -0.25) is 4.79 Å². The van der Waals surface area contributed by atoms with Crippen molar-refractivity contribution < 1.29 is 4.79 Å². The van der Waals surface area contributed by atoms with Gasteiger partial charge in [0.05, 0.1) is 0 Å². The smallest absolute Gasteiger partial charge is 0.223 e. The quantitative estimate of drug-likeness (QED) is 0.518. The number of aryl methyl sites for hydroxylation is 2. The average Bonchev–Trinajstić information content (AvgIpc) is 2.70. The van der Waals surface area contributed by atoms with E-state index in [4.69, 9.17) is 0 Å². The molecule has 1 amide bonds. The Hall–Kier alpha value is -2.87. The van der Waals surface area contributed by atoms with E-state index < -0.39 is 0 Å². The molecule has 0 radical (unpaired) electrons. The Labute approximate surface area is 162 Å². The summed E-state index contributed by atoms with van der Waals surface area (Å²) >= 11 is 0. The van der Waals surface area contributed by atoms with E-state index in [0.29, 0.717) is 19.5 Å². The number of benzene rings is 3. The lowest BCUT2D eigenvalue weighted by molar-refractivity contribution is -0.132. The first kappa shape index (κ1) is 18.9. The van der Waals surface area contributed by atoms with Crippen molar-refractivity contribution in [1.29, 1.82) is 0 Å². The maximum atomic E-state index is 12.9. The molecular formula is C25H27NO. The van der Waals surface area contributed by atoms with Crippen LogP contribution in [0.3, 0.4) is 0 Å². The number of amides is 1. The summed E-state index contributed by atoms with van der Waals surface area (Å²) in [5.41, 5.74) is 4.90. The maximum absolute atomic E-state index is 12.9. The molecule has 0 aromatic heterocycles. The van der Waals surface area contributed by atoms with Crippen LogP contribution >= 0.6 is 0 Å². The third-order valence-electron chi connectivity index (χ3n) is 4.76. The number of carbonyl (C=O) groups excluding carboxylic acids is 1. The third kappa shape index (κ3) is 6.10. The Balaban J connectivity index is 1.61. The van der Waals surface area contributed by atoms with Gasteiger partial charge in [0.2, 0.25) is 5.91 Å². The molecule has 0 saturated heterocycles. The van der Waals surface area contributed by atoms with Gasteiger partial charge in [-0.05, 0) is 36.5 Å². The summed E-state index contributed by atoms with van der Waals surface area (Å²) in [7, 11) is 0. The summed E-state index contributed by atoms with van der Waals surface area (Å²) in [5, 5.41) is 0. The molecule has 2 nitrogen and oxygen atoms in total. The van der Waals surface area contributed by atoms with Gasteiger partial charge >= 0.3 is 0 Å². The van der Waals surface area contributed by atoms with Crippen molar-refractivity contribution in [3.63, 3.8) is 0 Å². The Morgan fingerprint density at radius 3 is 1.74 bits per heavy atom. The Bertz CT molecular complexity index is 784. The van der Waals surface area contributed by atoms with Crippen molar-refractivity contribution in [3.8, 4) is 0 Å². The fraction of sp³-hybridized carbons (Fsp3) is 0.240. The first-order valence-corrected chi connectivity index (χ1v) is 9.62. The van der Waals surface area contributed by atoms with Crippen LogP contribution in [0.15, 0.2) is 84.9 Å². The molecule has 0 N–H and O–H groups in total. The van der Waals surface area contributed by atoms with E-state index >= 15 is 0 Å². The van der Waals surface area contributed by atoms with Crippen LogP contribution < -0.4 is 0 Å². The fourth-order valence-electron chi connectivity index (χ4n) is 3.20. The number of hydrogen-bond donors (Lipinski definition) is 0. The van der Waals surface area contributed by atoms with Gasteiger partial charge < -0.3 is 4.90 Å². The van der Waals surface area contributed by atoms with Crippen molar-refractivity contribution in [2.45, 2.75) is 39.3 Å². The minimum Gasteiger partial charge on any atom is -0.334 e. The van der Waals surface area contributed by atoms with Gasteiger partial charge in [0.25, 0.3) is 0 Å². The molecule has 3 aromatic rings. The number of carbonyl (C=O) groups is 1. The molecule has 0 aliphatic heterocycles. The molecule has 0 atom stereocenters. The first-order valence-electron chi connectivity index (χ1n) is 9.62. The second-order valence-corrected chi connectivity index (χ2v) is 7.06. The molecule has 0 spiro atoms. The van der Waals surface area contributed by atoms with E-state index in [2.05, 4.69) is 55.5 Å². The van der Waals surface area contributed by atoms with Crippen molar-refractivity contribution in [2.24, 2.45) is 0 Å². The van der Waals surface area contributed by atoms with E-state index in [1.54, 1.807) is 0 Å². The zero-order chi connectivity index (χ0) is 18.9. The van der Waals surface area contributed by atoms with E-state index in [1.807, 2.05) is 41.3 Å². The number of hydrogen-bond acceptors (Lipinski definition) is 1. The van der Waals surface area contributed by atoms with Gasteiger partial charge in [-0.15, -0.1) is 0 Å². The summed E-state index contributed by atoms with van der Waals surface area (Å²) in [6.45, 7) is 3.40. The van der Waals surface area contributed by atoms with Crippen LogP contribution in [0.2, 0.25) is 0 Å². The van der Waals surface area contributed by atoms with Crippen LogP contribution in [0, 0.1) is 6.92 Å². The van der Waals surface area contributed by atoms with Crippen molar-refractivity contribution >= 4 is 5.91 Å². The van der Waals surface area contributed by atoms with E-state index in [1.165, 1.54) is 22.3 Å². The predicted molar refractivity (Wildman–Crippen MR) is 111 cm³/mol. The summed E-state index contributed by atoms with van der Waals surface area (Å²) in [4.78, 5) is 14.9. The SMILES string of the molecule is Cc1ccc(CCCC(=O)N(Cc2ccccc2)Cc2ccccc2)cc1. The normalized spacial score (nSPS) is 10.6. The van der Waals surface area contributed by atoms with Crippen LogP contribution in [0.4, 0.5) is 0 Å². The highest BCUT2D eigenvalue weighted by molar-refractivity contribution is 5.76. The minimum atomic E-state index is 0.217. The highest BCUT2D eigenvalue weighted by Crippen LogP contribution is 2.14. The van der Waals surface area contributed by atoms with Crippen LogP contribution in [0.25, 0.3) is 0 Å². The molecule has 0 saturated carbocycles. The predicted octanol–water partition coefficient (Wildman–Crippen LogP) is 5.55. The molecule has 3 aromatic carbocycles. The molecule has 2 heteroatoms. The van der Waals surface area contributed by atoms with E-state index in [-0.39, 0.29) is 5.91 Å². The van der Waals surface area contributed by atoms with Crippen LogP contribution in [0.1, 0.15) is 35.1 Å². The summed E-state index contributed by atoms with van der Waals surface area (Å²) in [5.74, 6) is 0.217. The second-order valence-electron chi connectivity index (χ2n) is 7.06. The Morgan fingerprint density at radius 2 is 1.22 bits per heavy atom. The second kappa shape index (κ2) is 9.72. The number of rotatable bonds is 8. The molecule has 0 fully saturated rings. The lowest BCUT2D eigenvalue weighted by Crippen LogP contribution is -2.30. The van der Waals surface area contributed by atoms with Crippen molar-refractivity contribution in [1.82, 2.24) is 4.90 Å². The largest absolute Gasteiger partial charge is 0.334 e. The van der Waals surface area contributed by atoms with Crippen LogP contribution in [-0.4, -0.2) is 10.8 Å². The Kier molecular flexibility index (Phi) is 6.81. The van der Waals surface area contributed by atoms with Gasteiger partial charge in [0.15, 0.2) is 0 Å². The summed E-state index contributed by atoms with van der Waals surface area (Å²) in [6.07, 6.45) is 2.39. The molecular weight excluding hydrogens is 330 g/mol. The lowest BCUT2D eigenvalue weighted by atomic mass is 10.1. The minimum absolute atomic E-state index is 0.217. The molecule has 0 aliphatic carbocycles. The van der Waals surface area contributed by atoms with Gasteiger partial charge in [-0.1, -0.05) is 90.5 Å². The van der Waals surface area contributed by atoms with Crippen molar-refractivity contribution in [2.75, 3.05) is 0 Å². The molecule has 0 unspecified atom stereocenters. The average molecular weight is 357 g/mol. The zero-order valence-electron chi connectivity index (χ0n) is 16.0. The zero-order valence-corrected chi connectivity index (χ0v) is 16.0. The Morgan fingerprint density at radius 1 is 0.704 bits per heavy atom. The summed E-state index contributed by atoms with van der Waals surface area (Å²) < 4.78 is 0. The van der Waals surface area contributed by atoms with Gasteiger partial charge in [0.1, 0.15) is 0 Å². The number of nitrogens with zero attached hydrogens (tertiary/aromatic N) is 1. The molecule has 27 heavy (non-hydrogen) atoms. The van der Waals surface area contributed by atoms with Gasteiger partial charge in [-0.2, -0.15) is 0 Å². The standard InChI is InChI=1S/C25H27NO/c1-21-15-17-22(18-16-21)13-8-14-25(27)26(19-23-9-4-2-5-10-23)20-24-11-6-3-7-12-24/h2-7,9-12,15-18H,8,13-14,19-20H2,1H3. The highest BCUT2D eigenvalue weighted by Gasteiger charge is 2.14. The highest BCUT2D eigenvalue weighted by atomic mass is 16.2. The topological polar surface area (TPSA) is 20.3 Å².